The number of nitrogens with one attached hydrogen (secondary N) is 2. The Labute approximate surface area is 119 Å². The number of sulfonamides is 1. The number of hydrogen-bond acceptors (Lipinski definition) is 5. The fourth-order valence-electron chi connectivity index (χ4n) is 1.64. The van der Waals surface area contributed by atoms with Gasteiger partial charge in [0.15, 0.2) is 5.03 Å². The number of hydrogen-bond donors (Lipinski definition) is 2. The third kappa shape index (κ3) is 4.67. The molecule has 108 valence electrons. The summed E-state index contributed by atoms with van der Waals surface area (Å²) in [5.41, 5.74) is 0.538. The molecular weight excluding hydrogens is 282 g/mol. The Morgan fingerprint density at radius 3 is 2.74 bits per heavy atom. The third-order valence-electron chi connectivity index (χ3n) is 2.58. The lowest BCUT2D eigenvalue weighted by molar-refractivity contribution is 0.555. The first-order valence-electron chi connectivity index (χ1n) is 6.25. The van der Waals surface area contributed by atoms with Gasteiger partial charge in [-0.2, -0.15) is 11.8 Å². The smallest absolute Gasteiger partial charge is 0.260 e. The Balaban J connectivity index is 2.99. The van der Waals surface area contributed by atoms with E-state index in [0.717, 1.165) is 12.2 Å². The molecule has 19 heavy (non-hydrogen) atoms. The predicted molar refractivity (Wildman–Crippen MR) is 81.2 cm³/mol. The second-order valence-corrected chi connectivity index (χ2v) is 6.61. The Morgan fingerprint density at radius 2 is 2.16 bits per heavy atom. The van der Waals surface area contributed by atoms with Gasteiger partial charge in [0.05, 0.1) is 5.69 Å². The van der Waals surface area contributed by atoms with Crippen LogP contribution in [0.15, 0.2) is 23.4 Å². The molecule has 7 heteroatoms. The van der Waals surface area contributed by atoms with E-state index in [1.54, 1.807) is 23.9 Å². The maximum absolute atomic E-state index is 12.3. The zero-order chi connectivity index (χ0) is 14.3. The molecule has 0 aliphatic heterocycles. The lowest BCUT2D eigenvalue weighted by Crippen LogP contribution is -2.36. The molecule has 1 atom stereocenters. The molecule has 0 spiro atoms. The molecule has 1 aromatic rings. The largest absolute Gasteiger partial charge is 0.383 e. The minimum atomic E-state index is -3.58. The minimum Gasteiger partial charge on any atom is -0.383 e. The van der Waals surface area contributed by atoms with Crippen LogP contribution in [0.2, 0.25) is 0 Å². The van der Waals surface area contributed by atoms with Crippen molar-refractivity contribution in [3.8, 4) is 0 Å². The summed E-state index contributed by atoms with van der Waals surface area (Å²) in [6, 6.07) is 3.37. The van der Waals surface area contributed by atoms with Crippen LogP contribution in [-0.2, 0) is 10.0 Å². The number of pyridine rings is 1. The van der Waals surface area contributed by atoms with Crippen molar-refractivity contribution < 1.29 is 8.42 Å². The van der Waals surface area contributed by atoms with Crippen LogP contribution < -0.4 is 10.0 Å². The molecule has 0 fully saturated rings. The van der Waals surface area contributed by atoms with Crippen molar-refractivity contribution in [1.29, 1.82) is 0 Å². The molecule has 1 aromatic heterocycles. The van der Waals surface area contributed by atoms with Crippen LogP contribution >= 0.6 is 11.8 Å². The summed E-state index contributed by atoms with van der Waals surface area (Å²) in [7, 11) is -3.58. The highest BCUT2D eigenvalue weighted by atomic mass is 32.2. The lowest BCUT2D eigenvalue weighted by atomic mass is 10.3. The molecule has 1 rings (SSSR count). The molecule has 2 N–H and O–H groups in total. The molecule has 0 saturated heterocycles. The van der Waals surface area contributed by atoms with Crippen molar-refractivity contribution in [2.45, 2.75) is 31.3 Å². The Bertz CT molecular complexity index is 492. The van der Waals surface area contributed by atoms with E-state index < -0.39 is 10.0 Å². The molecule has 0 radical (unpaired) electrons. The van der Waals surface area contributed by atoms with Gasteiger partial charge in [-0.1, -0.05) is 6.92 Å². The molecular formula is C12H21N3O2S2. The van der Waals surface area contributed by atoms with Gasteiger partial charge in [0.2, 0.25) is 0 Å². The monoisotopic (exact) mass is 303 g/mol. The predicted octanol–water partition coefficient (Wildman–Crippen LogP) is 1.93. The molecule has 0 aliphatic rings. The van der Waals surface area contributed by atoms with Crippen molar-refractivity contribution in [1.82, 2.24) is 9.71 Å². The average molecular weight is 303 g/mol. The standard InChI is InChI=1S/C12H21N3O2S2/c1-4-10(9-18-3)15-19(16,17)12-11(13-5-2)7-6-8-14-12/h6-8,10,13,15H,4-5,9H2,1-3H3. The molecule has 1 unspecified atom stereocenters. The summed E-state index contributed by atoms with van der Waals surface area (Å²) in [4.78, 5) is 4.00. The molecule has 0 saturated carbocycles. The van der Waals surface area contributed by atoms with Gasteiger partial charge in [0.25, 0.3) is 10.0 Å². The summed E-state index contributed by atoms with van der Waals surface area (Å²) in [6.45, 7) is 4.53. The first-order chi connectivity index (χ1) is 9.05. The van der Waals surface area contributed by atoms with Gasteiger partial charge in [-0.05, 0) is 31.7 Å². The lowest BCUT2D eigenvalue weighted by Gasteiger charge is -2.17. The molecule has 0 amide bonds. The Morgan fingerprint density at radius 1 is 1.42 bits per heavy atom. The average Bonchev–Trinajstić information content (AvgIpc) is 2.39. The third-order valence-corrected chi connectivity index (χ3v) is 4.79. The Hall–Kier alpha value is -0.790. The van der Waals surface area contributed by atoms with E-state index >= 15 is 0 Å². The van der Waals surface area contributed by atoms with Gasteiger partial charge < -0.3 is 5.32 Å². The number of thioether (sulfide) groups is 1. The van der Waals surface area contributed by atoms with Crippen LogP contribution in [0.3, 0.4) is 0 Å². The summed E-state index contributed by atoms with van der Waals surface area (Å²) in [5.74, 6) is 0.749. The molecule has 0 aliphatic carbocycles. The highest BCUT2D eigenvalue weighted by Gasteiger charge is 2.23. The van der Waals surface area contributed by atoms with Crippen LogP contribution in [0.1, 0.15) is 20.3 Å². The van der Waals surface area contributed by atoms with E-state index in [1.165, 1.54) is 6.20 Å². The fourth-order valence-corrected chi connectivity index (χ4v) is 3.90. The zero-order valence-electron chi connectivity index (χ0n) is 11.5. The first kappa shape index (κ1) is 16.3. The van der Waals surface area contributed by atoms with Crippen molar-refractivity contribution >= 4 is 27.5 Å². The summed E-state index contributed by atoms with van der Waals surface area (Å²) in [6.07, 6.45) is 4.20. The van der Waals surface area contributed by atoms with Crippen LogP contribution in [0.25, 0.3) is 0 Å². The fraction of sp³-hybridized carbons (Fsp3) is 0.583. The molecule has 0 aromatic carbocycles. The molecule has 0 bridgehead atoms. The molecule has 5 nitrogen and oxygen atoms in total. The van der Waals surface area contributed by atoms with Crippen molar-refractivity contribution in [3.05, 3.63) is 18.3 Å². The van der Waals surface area contributed by atoms with Gasteiger partial charge in [0, 0.05) is 24.5 Å². The van der Waals surface area contributed by atoms with E-state index in [1.807, 2.05) is 20.1 Å². The van der Waals surface area contributed by atoms with Gasteiger partial charge >= 0.3 is 0 Å². The highest BCUT2D eigenvalue weighted by Crippen LogP contribution is 2.18. The molecule has 1 heterocycles. The van der Waals surface area contributed by atoms with E-state index in [2.05, 4.69) is 15.0 Å². The number of nitrogens with zero attached hydrogens (tertiary/aromatic N) is 1. The van der Waals surface area contributed by atoms with Crippen molar-refractivity contribution in [3.63, 3.8) is 0 Å². The van der Waals surface area contributed by atoms with E-state index in [9.17, 15) is 8.42 Å². The van der Waals surface area contributed by atoms with Gasteiger partial charge in [0.1, 0.15) is 0 Å². The summed E-state index contributed by atoms with van der Waals surface area (Å²) < 4.78 is 27.4. The number of anilines is 1. The summed E-state index contributed by atoms with van der Waals surface area (Å²) >= 11 is 1.62. The van der Waals surface area contributed by atoms with E-state index in [4.69, 9.17) is 0 Å². The van der Waals surface area contributed by atoms with Crippen LogP contribution in [-0.4, -0.2) is 38.0 Å². The number of aromatic nitrogens is 1. The van der Waals surface area contributed by atoms with Crippen LogP contribution in [0.5, 0.6) is 0 Å². The first-order valence-corrected chi connectivity index (χ1v) is 9.13. The number of rotatable bonds is 8. The SMILES string of the molecule is CCNc1cccnc1S(=O)(=O)NC(CC)CSC. The maximum atomic E-state index is 12.3. The second-order valence-electron chi connectivity index (χ2n) is 4.07. The zero-order valence-corrected chi connectivity index (χ0v) is 13.1. The van der Waals surface area contributed by atoms with Gasteiger partial charge in [-0.3, -0.25) is 0 Å². The van der Waals surface area contributed by atoms with E-state index in [-0.39, 0.29) is 11.1 Å². The van der Waals surface area contributed by atoms with Crippen molar-refractivity contribution in [2.75, 3.05) is 23.9 Å². The van der Waals surface area contributed by atoms with E-state index in [0.29, 0.717) is 12.2 Å². The van der Waals surface area contributed by atoms with Gasteiger partial charge in [-0.15, -0.1) is 0 Å². The second kappa shape index (κ2) is 7.72. The maximum Gasteiger partial charge on any atom is 0.260 e. The minimum absolute atomic E-state index is 0.0661. The van der Waals surface area contributed by atoms with Gasteiger partial charge in [-0.25, -0.2) is 18.1 Å². The normalized spacial score (nSPS) is 13.2. The van der Waals surface area contributed by atoms with Crippen molar-refractivity contribution in [2.24, 2.45) is 0 Å². The topological polar surface area (TPSA) is 71.1 Å². The highest BCUT2D eigenvalue weighted by molar-refractivity contribution is 7.98. The van der Waals surface area contributed by atoms with Crippen LogP contribution in [0.4, 0.5) is 5.69 Å². The summed E-state index contributed by atoms with van der Waals surface area (Å²) in [5, 5.41) is 3.08. The quantitative estimate of drug-likeness (QED) is 0.768. The Kier molecular flexibility index (Phi) is 6.60. The van der Waals surface area contributed by atoms with Crippen LogP contribution in [0, 0.1) is 0 Å².